The third kappa shape index (κ3) is 5.96. The molecule has 2 heterocycles. The number of pyridine rings is 1. The SMILES string of the molecule is COc1cc(Nc2c(C#N)cnc3cc(CCCCN4CCN(C)CC4)c(OC)cc23)c(Cl)cc1Cl. The largest absolute Gasteiger partial charge is 0.496 e. The molecule has 0 aliphatic carbocycles. The molecule has 1 N–H and O–H groups in total. The number of unbranched alkanes of at least 4 members (excludes halogenated alkanes) is 1. The van der Waals surface area contributed by atoms with E-state index in [4.69, 9.17) is 32.7 Å². The molecule has 36 heavy (non-hydrogen) atoms. The van der Waals surface area contributed by atoms with Gasteiger partial charge in [0, 0.05) is 43.8 Å². The van der Waals surface area contributed by atoms with Crippen molar-refractivity contribution >= 4 is 45.5 Å². The maximum atomic E-state index is 9.77. The number of rotatable bonds is 9. The summed E-state index contributed by atoms with van der Waals surface area (Å²) in [6.07, 6.45) is 4.68. The molecule has 1 aliphatic rings. The lowest BCUT2D eigenvalue weighted by atomic mass is 10.0. The van der Waals surface area contributed by atoms with Crippen LogP contribution in [-0.2, 0) is 6.42 Å². The highest BCUT2D eigenvalue weighted by atomic mass is 35.5. The van der Waals surface area contributed by atoms with Crippen LogP contribution in [0.25, 0.3) is 10.9 Å². The van der Waals surface area contributed by atoms with Crippen LogP contribution in [0, 0.1) is 11.3 Å². The topological polar surface area (TPSA) is 73.7 Å². The van der Waals surface area contributed by atoms with Gasteiger partial charge in [-0.25, -0.2) is 0 Å². The molecule has 1 fully saturated rings. The second-order valence-electron chi connectivity index (χ2n) is 9.03. The Morgan fingerprint density at radius 2 is 1.75 bits per heavy atom. The van der Waals surface area contributed by atoms with E-state index in [9.17, 15) is 5.26 Å². The second-order valence-corrected chi connectivity index (χ2v) is 9.85. The number of hydrogen-bond donors (Lipinski definition) is 1. The van der Waals surface area contributed by atoms with Gasteiger partial charge in [-0.3, -0.25) is 4.98 Å². The summed E-state index contributed by atoms with van der Waals surface area (Å²) < 4.78 is 11.1. The number of piperazine rings is 1. The molecule has 0 radical (unpaired) electrons. The zero-order valence-electron chi connectivity index (χ0n) is 20.9. The normalized spacial score (nSPS) is 14.6. The molecule has 0 atom stereocenters. The number of ether oxygens (including phenoxy) is 2. The number of fused-ring (bicyclic) bond motifs is 1. The molecule has 2 aromatic carbocycles. The third-order valence-electron chi connectivity index (χ3n) is 6.66. The van der Waals surface area contributed by atoms with Gasteiger partial charge in [0.05, 0.1) is 46.7 Å². The zero-order chi connectivity index (χ0) is 25.7. The summed E-state index contributed by atoms with van der Waals surface area (Å²) in [5.74, 6) is 1.26. The van der Waals surface area contributed by atoms with Crippen molar-refractivity contribution in [2.75, 3.05) is 59.3 Å². The van der Waals surface area contributed by atoms with E-state index in [1.54, 1.807) is 32.5 Å². The average molecular weight is 528 g/mol. The van der Waals surface area contributed by atoms with E-state index in [1.807, 2.05) is 6.07 Å². The van der Waals surface area contributed by atoms with E-state index >= 15 is 0 Å². The maximum absolute atomic E-state index is 9.77. The molecular formula is C27H31Cl2N5O2. The van der Waals surface area contributed by atoms with E-state index in [0.717, 1.165) is 74.2 Å². The van der Waals surface area contributed by atoms with Crippen LogP contribution in [0.1, 0.15) is 24.0 Å². The van der Waals surface area contributed by atoms with Crippen molar-refractivity contribution in [1.29, 1.82) is 5.26 Å². The van der Waals surface area contributed by atoms with Gasteiger partial charge in [0.2, 0.25) is 0 Å². The Balaban J connectivity index is 1.57. The van der Waals surface area contributed by atoms with Crippen molar-refractivity contribution < 1.29 is 9.47 Å². The van der Waals surface area contributed by atoms with E-state index in [2.05, 4.69) is 39.3 Å². The van der Waals surface area contributed by atoms with Crippen LogP contribution in [0.4, 0.5) is 11.4 Å². The predicted molar refractivity (Wildman–Crippen MR) is 146 cm³/mol. The molecule has 0 spiro atoms. The molecule has 0 amide bonds. The lowest BCUT2D eigenvalue weighted by Crippen LogP contribution is -2.44. The number of nitrogens with one attached hydrogen (secondary N) is 1. The first-order valence-corrected chi connectivity index (χ1v) is 12.8. The van der Waals surface area contributed by atoms with Crippen LogP contribution < -0.4 is 14.8 Å². The van der Waals surface area contributed by atoms with Crippen LogP contribution in [0.3, 0.4) is 0 Å². The first-order valence-electron chi connectivity index (χ1n) is 12.0. The van der Waals surface area contributed by atoms with Crippen molar-refractivity contribution in [2.45, 2.75) is 19.3 Å². The fourth-order valence-corrected chi connectivity index (χ4v) is 5.01. The zero-order valence-corrected chi connectivity index (χ0v) is 22.4. The second kappa shape index (κ2) is 12.0. The van der Waals surface area contributed by atoms with Crippen LogP contribution in [0.2, 0.25) is 10.0 Å². The van der Waals surface area contributed by atoms with Crippen LogP contribution in [0.5, 0.6) is 11.5 Å². The molecule has 1 aromatic heterocycles. The number of hydrogen-bond acceptors (Lipinski definition) is 7. The van der Waals surface area contributed by atoms with Gasteiger partial charge in [0.15, 0.2) is 0 Å². The van der Waals surface area contributed by atoms with Crippen LogP contribution in [0.15, 0.2) is 30.5 Å². The van der Waals surface area contributed by atoms with Crippen LogP contribution >= 0.6 is 23.2 Å². The number of likely N-dealkylation sites (N-methyl/N-ethyl adjacent to an activating group) is 1. The number of anilines is 2. The molecule has 9 heteroatoms. The molecule has 0 bridgehead atoms. The molecule has 4 rings (SSSR count). The summed E-state index contributed by atoms with van der Waals surface area (Å²) in [5.41, 5.74) is 3.47. The number of aromatic nitrogens is 1. The molecule has 1 saturated heterocycles. The van der Waals surface area contributed by atoms with Gasteiger partial charge in [0.25, 0.3) is 0 Å². The Kier molecular flexibility index (Phi) is 8.76. The number of halogens is 2. The Labute approximate surface area is 222 Å². The Morgan fingerprint density at radius 3 is 2.44 bits per heavy atom. The maximum Gasteiger partial charge on any atom is 0.139 e. The van der Waals surface area contributed by atoms with Gasteiger partial charge in [-0.15, -0.1) is 0 Å². The molecule has 7 nitrogen and oxygen atoms in total. The van der Waals surface area contributed by atoms with Crippen molar-refractivity contribution in [1.82, 2.24) is 14.8 Å². The van der Waals surface area contributed by atoms with Crippen molar-refractivity contribution in [3.63, 3.8) is 0 Å². The summed E-state index contributed by atoms with van der Waals surface area (Å²) in [6.45, 7) is 5.67. The minimum atomic E-state index is 0.398. The Hall–Kier alpha value is -2.76. The monoisotopic (exact) mass is 527 g/mol. The lowest BCUT2D eigenvalue weighted by molar-refractivity contribution is 0.152. The van der Waals surface area contributed by atoms with E-state index in [0.29, 0.717) is 32.7 Å². The van der Waals surface area contributed by atoms with Gasteiger partial charge in [0.1, 0.15) is 17.6 Å². The van der Waals surface area contributed by atoms with Crippen molar-refractivity contribution in [2.24, 2.45) is 0 Å². The van der Waals surface area contributed by atoms with Gasteiger partial charge >= 0.3 is 0 Å². The number of benzene rings is 2. The van der Waals surface area contributed by atoms with Crippen LogP contribution in [-0.4, -0.2) is 68.8 Å². The summed E-state index contributed by atoms with van der Waals surface area (Å²) in [5, 5.41) is 14.7. The third-order valence-corrected chi connectivity index (χ3v) is 7.27. The molecule has 0 saturated carbocycles. The van der Waals surface area contributed by atoms with E-state index < -0.39 is 0 Å². The number of nitriles is 1. The molecule has 190 valence electrons. The summed E-state index contributed by atoms with van der Waals surface area (Å²) in [7, 11) is 5.39. The first kappa shape index (κ1) is 26.3. The van der Waals surface area contributed by atoms with Gasteiger partial charge in [-0.2, -0.15) is 5.26 Å². The van der Waals surface area contributed by atoms with Gasteiger partial charge < -0.3 is 24.6 Å². The fraction of sp³-hybridized carbons (Fsp3) is 0.407. The highest BCUT2D eigenvalue weighted by Crippen LogP contribution is 2.39. The van der Waals surface area contributed by atoms with E-state index in [-0.39, 0.29) is 0 Å². The fourth-order valence-electron chi connectivity index (χ4n) is 4.51. The quantitative estimate of drug-likeness (QED) is 0.355. The van der Waals surface area contributed by atoms with Gasteiger partial charge in [-0.05, 0) is 56.6 Å². The molecule has 0 unspecified atom stereocenters. The first-order chi connectivity index (χ1) is 17.4. The number of aryl methyl sites for hydroxylation is 1. The summed E-state index contributed by atoms with van der Waals surface area (Å²) >= 11 is 12.6. The molecular weight excluding hydrogens is 497 g/mol. The lowest BCUT2D eigenvalue weighted by Gasteiger charge is -2.32. The average Bonchev–Trinajstić information content (AvgIpc) is 2.88. The minimum Gasteiger partial charge on any atom is -0.496 e. The van der Waals surface area contributed by atoms with Crippen molar-refractivity contribution in [3.05, 3.63) is 51.6 Å². The highest BCUT2D eigenvalue weighted by molar-refractivity contribution is 6.37. The Morgan fingerprint density at radius 1 is 1.00 bits per heavy atom. The summed E-state index contributed by atoms with van der Waals surface area (Å²) in [4.78, 5) is 9.48. The Bertz CT molecular complexity index is 1270. The highest BCUT2D eigenvalue weighted by Gasteiger charge is 2.17. The number of methoxy groups -OCH3 is 2. The summed E-state index contributed by atoms with van der Waals surface area (Å²) in [6, 6.07) is 9.55. The predicted octanol–water partition coefficient (Wildman–Crippen LogP) is 5.74. The van der Waals surface area contributed by atoms with E-state index in [1.165, 1.54) is 0 Å². The smallest absolute Gasteiger partial charge is 0.139 e. The minimum absolute atomic E-state index is 0.398. The van der Waals surface area contributed by atoms with Gasteiger partial charge in [-0.1, -0.05) is 23.2 Å². The molecule has 3 aromatic rings. The van der Waals surface area contributed by atoms with Crippen molar-refractivity contribution in [3.8, 4) is 17.6 Å². The standard InChI is InChI=1S/C27H31Cl2N5O2/c1-33-8-10-34(11-9-33)7-5-4-6-18-12-23-20(13-25(18)35-2)27(19(16-30)17-31-23)32-24-15-26(36-3)22(29)14-21(24)28/h12-15,17H,4-11H2,1-3H3,(H,31,32). The molecule has 1 aliphatic heterocycles. The number of nitrogens with zero attached hydrogens (tertiary/aromatic N) is 4.